The Labute approximate surface area is 178 Å². The maximum atomic E-state index is 11.4. The van der Waals surface area contributed by atoms with Crippen molar-refractivity contribution in [3.8, 4) is 0 Å². The van der Waals surface area contributed by atoms with E-state index in [1.807, 2.05) is 0 Å². The number of ketones is 1. The number of unbranched alkanes of at least 4 members (excludes halogenated alkanes) is 1. The lowest BCUT2D eigenvalue weighted by atomic mass is 9.83. The molecule has 166 valence electrons. The van der Waals surface area contributed by atoms with Crippen LogP contribution in [0.1, 0.15) is 59.8 Å². The fourth-order valence-corrected chi connectivity index (χ4v) is 3.34. The summed E-state index contributed by atoms with van der Waals surface area (Å²) in [5.41, 5.74) is 6.26. The fourth-order valence-electron chi connectivity index (χ4n) is 3.34. The van der Waals surface area contributed by atoms with Crippen molar-refractivity contribution in [1.29, 1.82) is 0 Å². The molecule has 0 aliphatic rings. The molecule has 0 aliphatic carbocycles. The van der Waals surface area contributed by atoms with Crippen LogP contribution in [0.5, 0.6) is 0 Å². The van der Waals surface area contributed by atoms with Gasteiger partial charge in [-0.3, -0.25) is 0 Å². The van der Waals surface area contributed by atoms with Crippen molar-refractivity contribution in [1.82, 2.24) is 15.5 Å². The number of allylic oxidation sites excluding steroid dienone is 2. The van der Waals surface area contributed by atoms with E-state index in [1.54, 1.807) is 19.2 Å². The molecular formula is C23H43N5O. The second-order valence-corrected chi connectivity index (χ2v) is 8.34. The van der Waals surface area contributed by atoms with Crippen LogP contribution in [0.3, 0.4) is 0 Å². The Balaban J connectivity index is 4.03. The number of nitrogens with two attached hydrogens (primary N) is 1. The Morgan fingerprint density at radius 3 is 2.45 bits per heavy atom. The summed E-state index contributed by atoms with van der Waals surface area (Å²) in [6, 6.07) is 0. The topological polar surface area (TPSA) is 82.8 Å². The van der Waals surface area contributed by atoms with E-state index < -0.39 is 0 Å². The van der Waals surface area contributed by atoms with Gasteiger partial charge in [0.2, 0.25) is 0 Å². The lowest BCUT2D eigenvalue weighted by molar-refractivity contribution is -0.118. The van der Waals surface area contributed by atoms with Gasteiger partial charge in [-0.25, -0.2) is 4.99 Å². The number of nitrogens with zero attached hydrogens (tertiary/aromatic N) is 2. The van der Waals surface area contributed by atoms with Crippen molar-refractivity contribution >= 4 is 12.0 Å². The molecule has 0 bridgehead atoms. The van der Waals surface area contributed by atoms with Gasteiger partial charge in [0, 0.05) is 38.0 Å². The summed E-state index contributed by atoms with van der Waals surface area (Å²) >= 11 is 0. The molecule has 6 nitrogen and oxygen atoms in total. The van der Waals surface area contributed by atoms with E-state index >= 15 is 0 Å². The lowest BCUT2D eigenvalue weighted by Crippen LogP contribution is -2.33. The van der Waals surface area contributed by atoms with Gasteiger partial charge >= 0.3 is 0 Å². The molecule has 0 saturated heterocycles. The molecule has 4 N–H and O–H groups in total. The Morgan fingerprint density at radius 2 is 1.83 bits per heavy atom. The summed E-state index contributed by atoms with van der Waals surface area (Å²) in [5.74, 6) is 0.881. The van der Waals surface area contributed by atoms with Gasteiger partial charge in [-0.2, -0.15) is 0 Å². The molecule has 29 heavy (non-hydrogen) atoms. The zero-order valence-electron chi connectivity index (χ0n) is 19.1. The van der Waals surface area contributed by atoms with Gasteiger partial charge in [0.25, 0.3) is 0 Å². The van der Waals surface area contributed by atoms with E-state index in [4.69, 9.17) is 5.73 Å². The summed E-state index contributed by atoms with van der Waals surface area (Å²) in [6.07, 6.45) is 9.53. The van der Waals surface area contributed by atoms with Crippen LogP contribution in [0.15, 0.2) is 41.9 Å². The predicted octanol–water partition coefficient (Wildman–Crippen LogP) is 3.58. The molecule has 0 aromatic heterocycles. The minimum atomic E-state index is -0.0322. The monoisotopic (exact) mass is 405 g/mol. The number of carbonyl (C=O) groups excluding carboxylic acids is 1. The number of aliphatic imine (C=N–C) groups is 1. The molecule has 0 amide bonds. The van der Waals surface area contributed by atoms with E-state index in [2.05, 4.69) is 54.5 Å². The second-order valence-electron chi connectivity index (χ2n) is 8.34. The third kappa shape index (κ3) is 16.6. The normalized spacial score (nSPS) is 12.0. The van der Waals surface area contributed by atoms with Gasteiger partial charge in [-0.15, -0.1) is 0 Å². The summed E-state index contributed by atoms with van der Waals surface area (Å²) in [4.78, 5) is 18.0. The molecule has 0 aromatic rings. The molecule has 0 fully saturated rings. The zero-order valence-corrected chi connectivity index (χ0v) is 19.1. The molecule has 0 unspecified atom stereocenters. The SMILES string of the molecule is C=C(CC(C)(C)CC(C)=O)NCCCCN(CCC)CCNC(=C)N=C/C=C\N. The quantitative estimate of drug-likeness (QED) is 0.240. The third-order valence-corrected chi connectivity index (χ3v) is 4.42. The average molecular weight is 406 g/mol. The fraction of sp³-hybridized carbons (Fsp3) is 0.652. The van der Waals surface area contributed by atoms with Crippen LogP contribution in [0, 0.1) is 5.41 Å². The zero-order chi connectivity index (χ0) is 22.1. The van der Waals surface area contributed by atoms with Gasteiger partial charge in [-0.1, -0.05) is 33.9 Å². The molecule has 6 heteroatoms. The summed E-state index contributed by atoms with van der Waals surface area (Å²) in [6.45, 7) is 21.0. The van der Waals surface area contributed by atoms with Crippen LogP contribution >= 0.6 is 0 Å². The summed E-state index contributed by atoms with van der Waals surface area (Å²) in [7, 11) is 0. The maximum Gasteiger partial charge on any atom is 0.130 e. The highest BCUT2D eigenvalue weighted by atomic mass is 16.1. The molecule has 0 spiro atoms. The highest BCUT2D eigenvalue weighted by Gasteiger charge is 2.20. The first-order valence-electron chi connectivity index (χ1n) is 10.7. The Morgan fingerprint density at radius 1 is 1.10 bits per heavy atom. The van der Waals surface area contributed by atoms with Crippen molar-refractivity contribution in [3.63, 3.8) is 0 Å². The Kier molecular flexibility index (Phi) is 14.7. The first-order valence-corrected chi connectivity index (χ1v) is 10.7. The van der Waals surface area contributed by atoms with Gasteiger partial charge in [0.1, 0.15) is 11.6 Å². The second kappa shape index (κ2) is 15.8. The van der Waals surface area contributed by atoms with Crippen molar-refractivity contribution in [2.45, 2.75) is 59.8 Å². The molecular weight excluding hydrogens is 362 g/mol. The number of rotatable bonds is 18. The van der Waals surface area contributed by atoms with Gasteiger partial charge in [0.15, 0.2) is 0 Å². The minimum Gasteiger partial charge on any atom is -0.405 e. The molecule has 0 heterocycles. The van der Waals surface area contributed by atoms with E-state index in [0.29, 0.717) is 12.2 Å². The first kappa shape index (κ1) is 26.9. The van der Waals surface area contributed by atoms with Crippen molar-refractivity contribution in [2.75, 3.05) is 32.7 Å². The lowest BCUT2D eigenvalue weighted by Gasteiger charge is -2.25. The summed E-state index contributed by atoms with van der Waals surface area (Å²) in [5, 5.41) is 6.65. The molecule has 0 aromatic carbocycles. The van der Waals surface area contributed by atoms with Crippen LogP contribution in [0.4, 0.5) is 0 Å². The van der Waals surface area contributed by atoms with Gasteiger partial charge < -0.3 is 26.1 Å². The highest BCUT2D eigenvalue weighted by Crippen LogP contribution is 2.27. The standard InChI is InChI=1S/C23H43N5O/c1-7-15-28(17-14-27-22(4)26-13-10-11-24)16-9-8-12-25-20(2)18-23(5,6)19-21(3)29/h10-11,13,25,27H,2,4,7-9,12,14-19,24H2,1,3,5-6H3/b11-10-,26-13?. The maximum absolute atomic E-state index is 11.4. The molecule has 0 rings (SSSR count). The molecule has 0 radical (unpaired) electrons. The third-order valence-electron chi connectivity index (χ3n) is 4.42. The summed E-state index contributed by atoms with van der Waals surface area (Å²) < 4.78 is 0. The number of hydrogen-bond acceptors (Lipinski definition) is 6. The van der Waals surface area contributed by atoms with Crippen LogP contribution < -0.4 is 16.4 Å². The van der Waals surface area contributed by atoms with E-state index in [9.17, 15) is 4.79 Å². The van der Waals surface area contributed by atoms with E-state index in [0.717, 1.165) is 64.1 Å². The predicted molar refractivity (Wildman–Crippen MR) is 126 cm³/mol. The van der Waals surface area contributed by atoms with Gasteiger partial charge in [-0.05, 0) is 63.4 Å². The highest BCUT2D eigenvalue weighted by molar-refractivity contribution is 5.76. The molecule has 0 atom stereocenters. The minimum absolute atomic E-state index is 0.0322. The van der Waals surface area contributed by atoms with E-state index in [1.165, 1.54) is 6.20 Å². The smallest absolute Gasteiger partial charge is 0.130 e. The number of carbonyl (C=O) groups is 1. The largest absolute Gasteiger partial charge is 0.405 e. The van der Waals surface area contributed by atoms with Crippen molar-refractivity contribution in [2.24, 2.45) is 16.1 Å². The van der Waals surface area contributed by atoms with Crippen molar-refractivity contribution < 1.29 is 4.79 Å². The molecule has 0 saturated carbocycles. The van der Waals surface area contributed by atoms with Crippen LogP contribution in [-0.2, 0) is 4.79 Å². The number of Topliss-reactive ketones (excluding diaryl/α,β-unsaturated/α-hetero) is 1. The number of hydrogen-bond donors (Lipinski definition) is 3. The van der Waals surface area contributed by atoms with Crippen LogP contribution in [0.2, 0.25) is 0 Å². The first-order chi connectivity index (χ1) is 13.7. The Bertz CT molecular complexity index is 551. The average Bonchev–Trinajstić information content (AvgIpc) is 2.59. The molecule has 0 aliphatic heterocycles. The Hall–Kier alpha value is -2.08. The van der Waals surface area contributed by atoms with E-state index in [-0.39, 0.29) is 11.2 Å². The number of nitrogens with one attached hydrogen (secondary N) is 2. The van der Waals surface area contributed by atoms with Gasteiger partial charge in [0.05, 0.1) is 0 Å². The van der Waals surface area contributed by atoms with Crippen molar-refractivity contribution in [3.05, 3.63) is 37.0 Å². The van der Waals surface area contributed by atoms with Crippen LogP contribution in [0.25, 0.3) is 0 Å². The van der Waals surface area contributed by atoms with Crippen LogP contribution in [-0.4, -0.2) is 49.6 Å².